The van der Waals surface area contributed by atoms with Crippen molar-refractivity contribution in [1.82, 2.24) is 0 Å². The maximum Gasteiger partial charge on any atom is 0.175 e. The van der Waals surface area contributed by atoms with E-state index in [-0.39, 0.29) is 17.1 Å². The van der Waals surface area contributed by atoms with Gasteiger partial charge in [-0.3, -0.25) is 0 Å². The van der Waals surface area contributed by atoms with E-state index in [1.165, 1.54) is 12.1 Å². The van der Waals surface area contributed by atoms with Crippen LogP contribution in [-0.2, 0) is 9.84 Å². The summed E-state index contributed by atoms with van der Waals surface area (Å²) < 4.78 is 36.4. The number of hydrogen-bond donors (Lipinski definition) is 1. The van der Waals surface area contributed by atoms with E-state index in [4.69, 9.17) is 5.11 Å². The Hall–Kier alpha value is -0.940. The lowest BCUT2D eigenvalue weighted by molar-refractivity contribution is 0.270. The summed E-state index contributed by atoms with van der Waals surface area (Å²) in [4.78, 5) is 0.115. The van der Waals surface area contributed by atoms with Gasteiger partial charge in [0, 0.05) is 18.8 Å². The Balaban J connectivity index is 3.45. The van der Waals surface area contributed by atoms with Crippen molar-refractivity contribution in [2.75, 3.05) is 12.9 Å². The van der Waals surface area contributed by atoms with Crippen LogP contribution in [0.5, 0.6) is 0 Å². The summed E-state index contributed by atoms with van der Waals surface area (Å²) >= 11 is 0. The fourth-order valence-electron chi connectivity index (χ4n) is 1.54. The standard InChI is InChI=1S/C11H15FO3S/c1-7-4-10(12)9(8(2)6-13)5-11(7)16(3,14)15/h4-5,8,13H,6H2,1-3H3. The van der Waals surface area contributed by atoms with Crippen LogP contribution in [0.2, 0.25) is 0 Å². The molecule has 0 spiro atoms. The van der Waals surface area contributed by atoms with Gasteiger partial charge in [-0.15, -0.1) is 0 Å². The van der Waals surface area contributed by atoms with Gasteiger partial charge in [0.15, 0.2) is 9.84 Å². The molecule has 0 aromatic heterocycles. The molecule has 1 aromatic carbocycles. The van der Waals surface area contributed by atoms with Crippen molar-refractivity contribution in [3.8, 4) is 0 Å². The van der Waals surface area contributed by atoms with Gasteiger partial charge >= 0.3 is 0 Å². The predicted octanol–water partition coefficient (Wildman–Crippen LogP) is 1.63. The van der Waals surface area contributed by atoms with E-state index in [0.29, 0.717) is 5.56 Å². The molecule has 1 aromatic rings. The number of aliphatic hydroxyl groups is 1. The first-order chi connectivity index (χ1) is 7.27. The summed E-state index contributed by atoms with van der Waals surface area (Å²) in [6.07, 6.45) is 1.08. The van der Waals surface area contributed by atoms with Gasteiger partial charge in [-0.05, 0) is 30.2 Å². The molecule has 1 N–H and O–H groups in total. The quantitative estimate of drug-likeness (QED) is 0.825. The normalized spacial score (nSPS) is 13.8. The molecule has 0 saturated heterocycles. The zero-order valence-electron chi connectivity index (χ0n) is 9.49. The molecule has 3 nitrogen and oxygen atoms in total. The number of sulfone groups is 1. The molecule has 0 amide bonds. The maximum atomic E-state index is 13.6. The Labute approximate surface area is 94.8 Å². The van der Waals surface area contributed by atoms with Crippen LogP contribution in [0.15, 0.2) is 17.0 Å². The zero-order chi connectivity index (χ0) is 12.5. The van der Waals surface area contributed by atoms with Crippen LogP contribution >= 0.6 is 0 Å². The van der Waals surface area contributed by atoms with Crippen LogP contribution in [-0.4, -0.2) is 26.4 Å². The Morgan fingerprint density at radius 1 is 1.44 bits per heavy atom. The van der Waals surface area contributed by atoms with Gasteiger partial charge < -0.3 is 5.11 Å². The summed E-state index contributed by atoms with van der Waals surface area (Å²) in [5, 5.41) is 8.96. The molecule has 1 unspecified atom stereocenters. The molecular formula is C11H15FO3S. The van der Waals surface area contributed by atoms with Crippen LogP contribution in [0.4, 0.5) is 4.39 Å². The number of aliphatic hydroxyl groups excluding tert-OH is 1. The molecule has 1 rings (SSSR count). The molecule has 0 heterocycles. The minimum atomic E-state index is -3.36. The molecule has 0 saturated carbocycles. The van der Waals surface area contributed by atoms with E-state index in [0.717, 1.165) is 6.26 Å². The third-order valence-corrected chi connectivity index (χ3v) is 3.74. The molecule has 90 valence electrons. The highest BCUT2D eigenvalue weighted by Gasteiger charge is 2.17. The van der Waals surface area contributed by atoms with Gasteiger partial charge in [-0.25, -0.2) is 12.8 Å². The first-order valence-corrected chi connectivity index (χ1v) is 6.77. The SMILES string of the molecule is Cc1cc(F)c(C(C)CO)cc1S(C)(=O)=O. The molecule has 0 aliphatic heterocycles. The van der Waals surface area contributed by atoms with E-state index < -0.39 is 21.6 Å². The molecule has 0 aliphatic rings. The van der Waals surface area contributed by atoms with Crippen molar-refractivity contribution in [1.29, 1.82) is 0 Å². The Kier molecular flexibility index (Phi) is 3.70. The average Bonchev–Trinajstić information content (AvgIpc) is 2.14. The number of rotatable bonds is 3. The molecule has 1 atom stereocenters. The predicted molar refractivity (Wildman–Crippen MR) is 59.7 cm³/mol. The zero-order valence-corrected chi connectivity index (χ0v) is 10.3. The number of hydrogen-bond acceptors (Lipinski definition) is 3. The summed E-state index contributed by atoms with van der Waals surface area (Å²) in [6.45, 7) is 2.97. The lowest BCUT2D eigenvalue weighted by Gasteiger charge is -2.13. The van der Waals surface area contributed by atoms with Crippen molar-refractivity contribution in [2.24, 2.45) is 0 Å². The van der Waals surface area contributed by atoms with Gasteiger partial charge in [-0.2, -0.15) is 0 Å². The van der Waals surface area contributed by atoms with Crippen molar-refractivity contribution in [2.45, 2.75) is 24.7 Å². The van der Waals surface area contributed by atoms with Crippen molar-refractivity contribution in [3.63, 3.8) is 0 Å². The largest absolute Gasteiger partial charge is 0.396 e. The van der Waals surface area contributed by atoms with E-state index in [9.17, 15) is 12.8 Å². The number of benzene rings is 1. The number of aryl methyl sites for hydroxylation is 1. The van der Waals surface area contributed by atoms with Gasteiger partial charge in [0.25, 0.3) is 0 Å². The van der Waals surface area contributed by atoms with Crippen LogP contribution in [0.1, 0.15) is 24.0 Å². The van der Waals surface area contributed by atoms with E-state index in [2.05, 4.69) is 0 Å². The average molecular weight is 246 g/mol. The van der Waals surface area contributed by atoms with Gasteiger partial charge in [0.05, 0.1) is 4.90 Å². The highest BCUT2D eigenvalue weighted by Crippen LogP contribution is 2.25. The lowest BCUT2D eigenvalue weighted by Crippen LogP contribution is -2.07. The second kappa shape index (κ2) is 4.51. The molecule has 0 radical (unpaired) electrons. The van der Waals surface area contributed by atoms with Gasteiger partial charge in [0.1, 0.15) is 5.82 Å². The number of halogens is 1. The van der Waals surface area contributed by atoms with Crippen molar-refractivity contribution in [3.05, 3.63) is 29.1 Å². The second-order valence-electron chi connectivity index (χ2n) is 4.00. The molecule has 0 aliphatic carbocycles. The highest BCUT2D eigenvalue weighted by atomic mass is 32.2. The fraction of sp³-hybridized carbons (Fsp3) is 0.455. The van der Waals surface area contributed by atoms with Crippen LogP contribution in [0.3, 0.4) is 0 Å². The Morgan fingerprint density at radius 2 is 2.00 bits per heavy atom. The van der Waals surface area contributed by atoms with E-state index >= 15 is 0 Å². The lowest BCUT2D eigenvalue weighted by atomic mass is 10.0. The third kappa shape index (κ3) is 2.59. The molecule has 5 heteroatoms. The van der Waals surface area contributed by atoms with Gasteiger partial charge in [0.2, 0.25) is 0 Å². The van der Waals surface area contributed by atoms with E-state index in [1.807, 2.05) is 0 Å². The first-order valence-electron chi connectivity index (χ1n) is 4.88. The van der Waals surface area contributed by atoms with Crippen molar-refractivity contribution < 1.29 is 17.9 Å². The summed E-state index contributed by atoms with van der Waals surface area (Å²) in [5.41, 5.74) is 0.613. The molecule has 16 heavy (non-hydrogen) atoms. The van der Waals surface area contributed by atoms with Gasteiger partial charge in [-0.1, -0.05) is 6.92 Å². The van der Waals surface area contributed by atoms with Crippen LogP contribution in [0.25, 0.3) is 0 Å². The highest BCUT2D eigenvalue weighted by molar-refractivity contribution is 7.90. The van der Waals surface area contributed by atoms with Crippen LogP contribution in [0, 0.1) is 12.7 Å². The monoisotopic (exact) mass is 246 g/mol. The fourth-order valence-corrected chi connectivity index (χ4v) is 2.53. The Morgan fingerprint density at radius 3 is 2.44 bits per heavy atom. The molecule has 0 fully saturated rings. The summed E-state index contributed by atoms with van der Waals surface area (Å²) in [5.74, 6) is -0.896. The third-order valence-electron chi connectivity index (χ3n) is 2.50. The van der Waals surface area contributed by atoms with Crippen molar-refractivity contribution >= 4 is 9.84 Å². The smallest absolute Gasteiger partial charge is 0.175 e. The minimum Gasteiger partial charge on any atom is -0.396 e. The topological polar surface area (TPSA) is 54.4 Å². The second-order valence-corrected chi connectivity index (χ2v) is 5.98. The molecule has 0 bridgehead atoms. The summed E-state index contributed by atoms with van der Waals surface area (Å²) in [7, 11) is -3.36. The summed E-state index contributed by atoms with van der Waals surface area (Å²) in [6, 6.07) is 2.50. The first kappa shape index (κ1) is 13.1. The Bertz CT molecular complexity index is 494. The minimum absolute atomic E-state index is 0.115. The maximum absolute atomic E-state index is 13.6. The molecular weight excluding hydrogens is 231 g/mol. The van der Waals surface area contributed by atoms with E-state index in [1.54, 1.807) is 13.8 Å². The van der Waals surface area contributed by atoms with Crippen LogP contribution < -0.4 is 0 Å².